The van der Waals surface area contributed by atoms with Gasteiger partial charge in [0.1, 0.15) is 0 Å². The third-order valence-electron chi connectivity index (χ3n) is 6.80. The lowest BCUT2D eigenvalue weighted by Crippen LogP contribution is -2.35. The molecule has 6 nitrogen and oxygen atoms in total. The van der Waals surface area contributed by atoms with Gasteiger partial charge in [0.2, 0.25) is 0 Å². The second-order valence-electron chi connectivity index (χ2n) is 9.53. The average Bonchev–Trinajstić information content (AvgIpc) is 3.00. The number of rotatable bonds is 6. The van der Waals surface area contributed by atoms with Gasteiger partial charge in [-0.1, -0.05) is 102 Å². The van der Waals surface area contributed by atoms with Crippen LogP contribution < -0.4 is 0 Å². The summed E-state index contributed by atoms with van der Waals surface area (Å²) in [4.78, 5) is 39.8. The summed E-state index contributed by atoms with van der Waals surface area (Å²) in [7, 11) is 0. The van der Waals surface area contributed by atoms with Crippen LogP contribution in [0, 0.1) is 0 Å². The summed E-state index contributed by atoms with van der Waals surface area (Å²) in [6, 6.07) is 32.0. The Morgan fingerprint density at radius 2 is 0.744 bits per heavy atom. The lowest BCUT2D eigenvalue weighted by Gasteiger charge is -2.15. The number of fused-ring (bicyclic) bond motifs is 3. The predicted octanol–water partition coefficient (Wildman–Crippen LogP) is 9.29. The number of carbonyl (C=O) groups is 3. The zero-order chi connectivity index (χ0) is 30.1. The maximum atomic E-state index is 13.3. The summed E-state index contributed by atoms with van der Waals surface area (Å²) in [5.74, 6) is -2.32. The van der Waals surface area contributed by atoms with E-state index in [4.69, 9.17) is 11.4 Å². The Labute approximate surface area is 276 Å². The number of carbonyl (C=O) groups excluding carboxylic acids is 3. The Bertz CT molecular complexity index is 1840. The van der Waals surface area contributed by atoms with Gasteiger partial charge in [-0.3, -0.25) is 0 Å². The molecule has 0 saturated carbocycles. The van der Waals surface area contributed by atoms with Gasteiger partial charge in [-0.15, -0.1) is 0 Å². The highest BCUT2D eigenvalue weighted by Crippen LogP contribution is 2.28. The molecule has 0 N–H and O–H groups in total. The van der Waals surface area contributed by atoms with Crippen molar-refractivity contribution in [3.05, 3.63) is 139 Å². The molecule has 0 heterocycles. The molecule has 6 aromatic rings. The van der Waals surface area contributed by atoms with Crippen LogP contribution >= 0.6 is 47.8 Å². The highest BCUT2D eigenvalue weighted by Gasteiger charge is 2.49. The summed E-state index contributed by atoms with van der Waals surface area (Å²) < 4.78 is 19.4. The maximum Gasteiger partial charge on any atom is 1.20 e. The molecule has 6 rings (SSSR count). The fourth-order valence-corrected chi connectivity index (χ4v) is 7.27. The van der Waals surface area contributed by atoms with Crippen LogP contribution in [0.3, 0.4) is 0 Å². The zero-order valence-corrected chi connectivity index (χ0v) is 28.0. The first-order chi connectivity index (χ1) is 20.8. The van der Waals surface area contributed by atoms with Crippen LogP contribution in [0.4, 0.5) is 0 Å². The number of benzene rings is 6. The van der Waals surface area contributed by atoms with E-state index in [0.29, 0.717) is 0 Å². The Hall–Kier alpha value is -3.52. The van der Waals surface area contributed by atoms with E-state index in [1.807, 2.05) is 54.6 Å². The molecule has 0 aliphatic rings. The van der Waals surface area contributed by atoms with Gasteiger partial charge in [-0.2, -0.15) is 0 Å². The van der Waals surface area contributed by atoms with E-state index in [9.17, 15) is 14.4 Å². The van der Waals surface area contributed by atoms with Gasteiger partial charge >= 0.3 is 33.1 Å². The van der Waals surface area contributed by atoms with Gasteiger partial charge in [0.05, 0.1) is 16.7 Å². The standard InChI is InChI=1S/3C11H7BrO2.Al/c3*12-10-3-1-2-7-6-8(11(13)14)4-5-9(7)10;/h3*1-6H,(H,13,14);/q;;;+3/p-3. The fourth-order valence-electron chi connectivity index (χ4n) is 4.65. The van der Waals surface area contributed by atoms with Crippen molar-refractivity contribution in [2.45, 2.75) is 0 Å². The Balaban J connectivity index is 1.29. The van der Waals surface area contributed by atoms with Crippen LogP contribution in [0.2, 0.25) is 0 Å². The topological polar surface area (TPSA) is 78.9 Å². The molecule has 0 spiro atoms. The fraction of sp³-hybridized carbons (Fsp3) is 0. The van der Waals surface area contributed by atoms with Crippen molar-refractivity contribution in [3.8, 4) is 0 Å². The molecule has 6 aromatic carbocycles. The van der Waals surface area contributed by atoms with Crippen molar-refractivity contribution in [3.63, 3.8) is 0 Å². The molecule has 210 valence electrons. The lowest BCUT2D eigenvalue weighted by atomic mass is 10.1. The van der Waals surface area contributed by atoms with Crippen molar-refractivity contribution in [2.24, 2.45) is 0 Å². The minimum Gasteiger partial charge on any atom is -0.547 e. The molecule has 0 atom stereocenters. The van der Waals surface area contributed by atoms with E-state index < -0.39 is 33.1 Å². The van der Waals surface area contributed by atoms with Crippen molar-refractivity contribution in [1.82, 2.24) is 0 Å². The molecule has 0 radical (unpaired) electrons. The molecule has 0 aliphatic heterocycles. The second kappa shape index (κ2) is 12.6. The van der Waals surface area contributed by atoms with Crippen molar-refractivity contribution < 1.29 is 25.7 Å². The molecule has 10 heteroatoms. The van der Waals surface area contributed by atoms with E-state index in [-0.39, 0.29) is 16.7 Å². The molecular formula is C33H18AlBr3O6. The number of halogens is 3. The largest absolute Gasteiger partial charge is 1.20 e. The quantitative estimate of drug-likeness (QED) is 0.157. The van der Waals surface area contributed by atoms with Crippen LogP contribution in [0.25, 0.3) is 32.3 Å². The minimum absolute atomic E-state index is 0.223. The first-order valence-corrected chi connectivity index (χ1v) is 16.7. The van der Waals surface area contributed by atoms with Crippen LogP contribution in [-0.4, -0.2) is 33.1 Å². The third-order valence-corrected chi connectivity index (χ3v) is 10.1. The highest BCUT2D eigenvalue weighted by atomic mass is 79.9. The van der Waals surface area contributed by atoms with E-state index in [2.05, 4.69) is 47.8 Å². The molecule has 0 bridgehead atoms. The first kappa shape index (κ1) is 29.5. The van der Waals surface area contributed by atoms with Gasteiger partial charge in [-0.25, -0.2) is 14.4 Å². The van der Waals surface area contributed by atoms with Gasteiger partial charge in [0.15, 0.2) is 0 Å². The highest BCUT2D eigenvalue weighted by molar-refractivity contribution is 9.11. The van der Waals surface area contributed by atoms with E-state index in [0.717, 1.165) is 45.7 Å². The normalized spacial score (nSPS) is 11.0. The van der Waals surface area contributed by atoms with Gasteiger partial charge in [-0.05, 0) is 86.9 Å². The summed E-state index contributed by atoms with van der Waals surface area (Å²) in [5, 5.41) is 5.16. The second-order valence-corrected chi connectivity index (χ2v) is 13.4. The predicted molar refractivity (Wildman–Crippen MR) is 177 cm³/mol. The van der Waals surface area contributed by atoms with Crippen LogP contribution in [-0.2, 0) is 11.4 Å². The molecule has 0 unspecified atom stereocenters. The summed E-state index contributed by atoms with van der Waals surface area (Å²) in [6.07, 6.45) is 0. The minimum atomic E-state index is -3.71. The lowest BCUT2D eigenvalue weighted by molar-refractivity contribution is 0.0410. The molecule has 0 amide bonds. The van der Waals surface area contributed by atoms with Crippen LogP contribution in [0.5, 0.6) is 0 Å². The SMILES string of the molecule is O=C([O][Al]([O]C(=O)c1ccc2c(Br)cccc2c1)[O]C(=O)c1ccc2c(Br)cccc2c1)c1ccc2c(Br)cccc2c1. The van der Waals surface area contributed by atoms with Gasteiger partial charge in [0, 0.05) is 13.4 Å². The summed E-state index contributed by atoms with van der Waals surface area (Å²) >= 11 is 6.81. The average molecular weight is 777 g/mol. The summed E-state index contributed by atoms with van der Waals surface area (Å²) in [5.41, 5.74) is 0.670. The van der Waals surface area contributed by atoms with Crippen LogP contribution in [0.1, 0.15) is 31.1 Å². The Kier molecular flexibility index (Phi) is 8.66. The molecule has 0 aliphatic carbocycles. The van der Waals surface area contributed by atoms with E-state index in [1.165, 1.54) is 0 Å². The molecule has 43 heavy (non-hydrogen) atoms. The first-order valence-electron chi connectivity index (χ1n) is 12.9. The Morgan fingerprint density at radius 1 is 0.442 bits per heavy atom. The van der Waals surface area contributed by atoms with Gasteiger partial charge < -0.3 is 11.4 Å². The van der Waals surface area contributed by atoms with Crippen molar-refractivity contribution in [1.29, 1.82) is 0 Å². The third kappa shape index (κ3) is 6.40. The molecule has 0 saturated heterocycles. The molecular weight excluding hydrogens is 759 g/mol. The monoisotopic (exact) mass is 774 g/mol. The Morgan fingerprint density at radius 3 is 1.05 bits per heavy atom. The summed E-state index contributed by atoms with van der Waals surface area (Å²) in [6.45, 7) is 0. The number of hydrogen-bond acceptors (Lipinski definition) is 6. The van der Waals surface area contributed by atoms with Gasteiger partial charge in [0.25, 0.3) is 0 Å². The molecule has 0 fully saturated rings. The van der Waals surface area contributed by atoms with E-state index in [1.54, 1.807) is 54.6 Å². The van der Waals surface area contributed by atoms with E-state index >= 15 is 0 Å². The van der Waals surface area contributed by atoms with Crippen molar-refractivity contribution in [2.75, 3.05) is 0 Å². The zero-order valence-electron chi connectivity index (χ0n) is 22.1. The number of hydrogen-bond donors (Lipinski definition) is 0. The van der Waals surface area contributed by atoms with Crippen LogP contribution in [0.15, 0.2) is 123 Å². The molecule has 0 aromatic heterocycles. The smallest absolute Gasteiger partial charge is 0.547 e. The van der Waals surface area contributed by atoms with Crippen molar-refractivity contribution >= 4 is 113 Å². The maximum absolute atomic E-state index is 13.3.